The normalized spacial score (nSPS) is 17.1. The van der Waals surface area contributed by atoms with Gasteiger partial charge < -0.3 is 20.5 Å². The predicted octanol–water partition coefficient (Wildman–Crippen LogP) is 2.87. The van der Waals surface area contributed by atoms with E-state index in [1.807, 2.05) is 35.4 Å². The molecule has 0 saturated carbocycles. The van der Waals surface area contributed by atoms with Gasteiger partial charge in [-0.2, -0.15) is 0 Å². The number of halogens is 1. The Hall–Kier alpha value is -2.24. The Morgan fingerprint density at radius 2 is 1.96 bits per heavy atom. The molecule has 1 fully saturated rings. The zero-order chi connectivity index (χ0) is 18.1. The summed E-state index contributed by atoms with van der Waals surface area (Å²) in [5, 5.41) is 4.05. The van der Waals surface area contributed by atoms with Gasteiger partial charge in [0.25, 0.3) is 0 Å². The second kappa shape index (κ2) is 7.17. The molecule has 1 aromatic carbocycles. The first kappa shape index (κ1) is 17.2. The van der Waals surface area contributed by atoms with Gasteiger partial charge in [-0.05, 0) is 60.9 Å². The van der Waals surface area contributed by atoms with Gasteiger partial charge in [-0.3, -0.25) is 4.79 Å². The lowest BCUT2D eigenvalue weighted by atomic mass is 9.88. The van der Waals surface area contributed by atoms with Gasteiger partial charge in [0.2, 0.25) is 5.91 Å². The summed E-state index contributed by atoms with van der Waals surface area (Å²) in [7, 11) is 0. The summed E-state index contributed by atoms with van der Waals surface area (Å²) in [5.41, 5.74) is 10.6. The second-order valence-corrected chi connectivity index (χ2v) is 7.30. The van der Waals surface area contributed by atoms with E-state index < -0.39 is 0 Å². The first-order valence-corrected chi connectivity index (χ1v) is 9.43. The lowest BCUT2D eigenvalue weighted by molar-refractivity contribution is -0.130. The van der Waals surface area contributed by atoms with Crippen LogP contribution in [-0.4, -0.2) is 35.0 Å². The number of hydrogen-bond donors (Lipinski definition) is 2. The van der Waals surface area contributed by atoms with E-state index in [9.17, 15) is 4.79 Å². The number of carbonyl (C=O) groups excluding carboxylic acids is 1. The van der Waals surface area contributed by atoms with Crippen LogP contribution in [0.5, 0.6) is 0 Å². The van der Waals surface area contributed by atoms with Gasteiger partial charge in [0, 0.05) is 41.3 Å². The number of nitrogens with zero attached hydrogens (tertiary/aromatic N) is 2. The van der Waals surface area contributed by atoms with Crippen molar-refractivity contribution in [2.45, 2.75) is 25.3 Å². The van der Waals surface area contributed by atoms with Crippen molar-refractivity contribution in [3.05, 3.63) is 58.5 Å². The van der Waals surface area contributed by atoms with Gasteiger partial charge >= 0.3 is 0 Å². The molecular weight excluding hydrogens is 348 g/mol. The van der Waals surface area contributed by atoms with E-state index in [-0.39, 0.29) is 12.5 Å². The molecule has 0 aliphatic carbocycles. The summed E-state index contributed by atoms with van der Waals surface area (Å²) >= 11 is 6.05. The SMILES string of the molecule is NCC(=O)N1CCC(c2cn(-c3ccc(Cl)cc3)c3c2C=CNC3)CC1. The van der Waals surface area contributed by atoms with Gasteiger partial charge in [0.05, 0.1) is 13.1 Å². The van der Waals surface area contributed by atoms with Crippen LogP contribution in [0.25, 0.3) is 11.8 Å². The maximum absolute atomic E-state index is 11.8. The number of benzene rings is 1. The van der Waals surface area contributed by atoms with Gasteiger partial charge in [-0.25, -0.2) is 0 Å². The number of nitrogens with two attached hydrogens (primary N) is 1. The minimum absolute atomic E-state index is 0.0494. The Morgan fingerprint density at radius 3 is 2.65 bits per heavy atom. The van der Waals surface area contributed by atoms with Crippen molar-refractivity contribution in [3.63, 3.8) is 0 Å². The van der Waals surface area contributed by atoms with Gasteiger partial charge in [0.15, 0.2) is 0 Å². The first-order chi connectivity index (χ1) is 12.7. The Bertz CT molecular complexity index is 832. The van der Waals surface area contributed by atoms with Crippen LogP contribution in [0.3, 0.4) is 0 Å². The molecule has 3 N–H and O–H groups in total. The molecule has 0 unspecified atom stereocenters. The number of hydrogen-bond acceptors (Lipinski definition) is 3. The predicted molar refractivity (Wildman–Crippen MR) is 104 cm³/mol. The number of aromatic nitrogens is 1. The minimum atomic E-state index is 0.0494. The largest absolute Gasteiger partial charge is 0.385 e. The Labute approximate surface area is 158 Å². The molecule has 4 rings (SSSR count). The maximum Gasteiger partial charge on any atom is 0.236 e. The van der Waals surface area contributed by atoms with E-state index >= 15 is 0 Å². The topological polar surface area (TPSA) is 63.3 Å². The van der Waals surface area contributed by atoms with Crippen LogP contribution >= 0.6 is 11.6 Å². The molecule has 3 heterocycles. The van der Waals surface area contributed by atoms with Gasteiger partial charge in [0.1, 0.15) is 0 Å². The number of likely N-dealkylation sites (tertiary alicyclic amines) is 1. The van der Waals surface area contributed by atoms with Crippen LogP contribution in [0.15, 0.2) is 36.7 Å². The number of carbonyl (C=O) groups is 1. The van der Waals surface area contributed by atoms with Crippen LogP contribution in [0.1, 0.15) is 35.6 Å². The lowest BCUT2D eigenvalue weighted by Crippen LogP contribution is -2.41. The van der Waals surface area contributed by atoms with Crippen LogP contribution in [0.4, 0.5) is 0 Å². The quantitative estimate of drug-likeness (QED) is 0.873. The second-order valence-electron chi connectivity index (χ2n) is 6.86. The third-order valence-electron chi connectivity index (χ3n) is 5.39. The summed E-state index contributed by atoms with van der Waals surface area (Å²) in [6, 6.07) is 7.94. The molecule has 136 valence electrons. The van der Waals surface area contributed by atoms with E-state index in [1.54, 1.807) is 0 Å². The van der Waals surface area contributed by atoms with E-state index in [1.165, 1.54) is 16.8 Å². The number of piperidine rings is 1. The average Bonchev–Trinajstić information content (AvgIpc) is 3.08. The van der Waals surface area contributed by atoms with Crippen LogP contribution < -0.4 is 11.1 Å². The average molecular weight is 371 g/mol. The molecule has 2 aliphatic rings. The van der Waals surface area contributed by atoms with Crippen molar-refractivity contribution in [3.8, 4) is 5.69 Å². The minimum Gasteiger partial charge on any atom is -0.385 e. The van der Waals surface area contributed by atoms with Crippen molar-refractivity contribution >= 4 is 23.6 Å². The highest BCUT2D eigenvalue weighted by atomic mass is 35.5. The van der Waals surface area contributed by atoms with Crippen molar-refractivity contribution in [2.24, 2.45) is 5.73 Å². The van der Waals surface area contributed by atoms with Crippen molar-refractivity contribution in [1.29, 1.82) is 0 Å². The van der Waals surface area contributed by atoms with Crippen LogP contribution in [0.2, 0.25) is 5.02 Å². The van der Waals surface area contributed by atoms with Crippen LogP contribution in [0, 0.1) is 0 Å². The Balaban J connectivity index is 1.64. The number of fused-ring (bicyclic) bond motifs is 1. The highest BCUT2D eigenvalue weighted by molar-refractivity contribution is 6.30. The van der Waals surface area contributed by atoms with Gasteiger partial charge in [-0.15, -0.1) is 0 Å². The van der Waals surface area contributed by atoms with Crippen molar-refractivity contribution in [2.75, 3.05) is 19.6 Å². The Kier molecular flexibility index (Phi) is 4.74. The van der Waals surface area contributed by atoms with E-state index in [4.69, 9.17) is 17.3 Å². The van der Waals surface area contributed by atoms with Crippen LogP contribution in [-0.2, 0) is 11.3 Å². The standard InChI is InChI=1S/C20H23ClN4O/c21-15-1-3-16(4-2-15)25-13-18(17-5-8-23-12-19(17)25)14-6-9-24(10-7-14)20(26)11-22/h1-5,8,13-14,23H,6-7,9-12,22H2. The molecule has 6 heteroatoms. The molecule has 5 nitrogen and oxygen atoms in total. The molecule has 2 aliphatic heterocycles. The number of rotatable bonds is 3. The molecule has 26 heavy (non-hydrogen) atoms. The summed E-state index contributed by atoms with van der Waals surface area (Å²) in [4.78, 5) is 13.7. The molecular formula is C20H23ClN4O. The molecule has 0 spiro atoms. The van der Waals surface area contributed by atoms with Gasteiger partial charge in [-0.1, -0.05) is 11.6 Å². The Morgan fingerprint density at radius 1 is 1.23 bits per heavy atom. The molecule has 0 bridgehead atoms. The third kappa shape index (κ3) is 3.13. The number of amides is 1. The smallest absolute Gasteiger partial charge is 0.236 e. The molecule has 1 aromatic heterocycles. The molecule has 2 aromatic rings. The highest BCUT2D eigenvalue weighted by Crippen LogP contribution is 2.36. The zero-order valence-electron chi connectivity index (χ0n) is 14.6. The summed E-state index contributed by atoms with van der Waals surface area (Å²) in [5.74, 6) is 0.509. The fourth-order valence-electron chi connectivity index (χ4n) is 3.98. The summed E-state index contributed by atoms with van der Waals surface area (Å²) < 4.78 is 2.26. The van der Waals surface area contributed by atoms with E-state index in [0.717, 1.165) is 43.2 Å². The third-order valence-corrected chi connectivity index (χ3v) is 5.64. The fraction of sp³-hybridized carbons (Fsp3) is 0.350. The molecule has 1 saturated heterocycles. The molecule has 1 amide bonds. The maximum atomic E-state index is 11.8. The summed E-state index contributed by atoms with van der Waals surface area (Å²) in [6.07, 6.45) is 8.40. The number of nitrogens with one attached hydrogen (secondary N) is 1. The van der Waals surface area contributed by atoms with Crippen molar-refractivity contribution in [1.82, 2.24) is 14.8 Å². The molecule has 0 atom stereocenters. The zero-order valence-corrected chi connectivity index (χ0v) is 15.4. The first-order valence-electron chi connectivity index (χ1n) is 9.05. The monoisotopic (exact) mass is 370 g/mol. The highest BCUT2D eigenvalue weighted by Gasteiger charge is 2.27. The fourth-order valence-corrected chi connectivity index (χ4v) is 4.11. The summed E-state index contributed by atoms with van der Waals surface area (Å²) in [6.45, 7) is 2.47. The van der Waals surface area contributed by atoms with E-state index in [2.05, 4.69) is 22.2 Å². The van der Waals surface area contributed by atoms with E-state index in [0.29, 0.717) is 5.92 Å². The lowest BCUT2D eigenvalue weighted by Gasteiger charge is -2.32. The van der Waals surface area contributed by atoms with Crippen molar-refractivity contribution < 1.29 is 4.79 Å². The molecule has 0 radical (unpaired) electrons.